The Labute approximate surface area is 209 Å². The summed E-state index contributed by atoms with van der Waals surface area (Å²) in [6, 6.07) is 22.3. The van der Waals surface area contributed by atoms with Crippen LogP contribution in [0.15, 0.2) is 76.1 Å². The molecule has 1 saturated heterocycles. The summed E-state index contributed by atoms with van der Waals surface area (Å²) < 4.78 is 12.8. The SMILES string of the molecule is COc1cc(/C=C2\SC(=S)N(c3ccc(Br)cc3)C2=O)ccc1OCc1ccccc1C#N. The Bertz CT molecular complexity index is 1300. The van der Waals surface area contributed by atoms with Crippen LogP contribution < -0.4 is 14.4 Å². The van der Waals surface area contributed by atoms with Gasteiger partial charge in [-0.3, -0.25) is 9.69 Å². The topological polar surface area (TPSA) is 62.6 Å². The minimum absolute atomic E-state index is 0.167. The summed E-state index contributed by atoms with van der Waals surface area (Å²) in [5.41, 5.74) is 2.87. The summed E-state index contributed by atoms with van der Waals surface area (Å²) in [6.07, 6.45) is 1.79. The number of carbonyl (C=O) groups is 1. The molecule has 4 rings (SSSR count). The maximum Gasteiger partial charge on any atom is 0.270 e. The Kier molecular flexibility index (Phi) is 7.14. The molecular formula is C25H17BrN2O3S2. The van der Waals surface area contributed by atoms with Crippen LogP contribution in [0.3, 0.4) is 0 Å². The van der Waals surface area contributed by atoms with Crippen molar-refractivity contribution in [2.45, 2.75) is 6.61 Å². The molecule has 1 aliphatic rings. The van der Waals surface area contributed by atoms with Crippen LogP contribution in [-0.2, 0) is 11.4 Å². The van der Waals surface area contributed by atoms with Crippen molar-refractivity contribution in [3.63, 3.8) is 0 Å². The van der Waals surface area contributed by atoms with Crippen molar-refractivity contribution in [2.24, 2.45) is 0 Å². The summed E-state index contributed by atoms with van der Waals surface area (Å²) in [7, 11) is 1.56. The van der Waals surface area contributed by atoms with Crippen molar-refractivity contribution in [1.82, 2.24) is 0 Å². The molecule has 1 amide bonds. The zero-order valence-corrected chi connectivity index (χ0v) is 20.7. The van der Waals surface area contributed by atoms with Crippen LogP contribution in [0, 0.1) is 11.3 Å². The molecule has 0 aromatic heterocycles. The third-order valence-electron chi connectivity index (χ3n) is 4.88. The molecule has 0 saturated carbocycles. The van der Waals surface area contributed by atoms with Crippen LogP contribution in [0.1, 0.15) is 16.7 Å². The third kappa shape index (κ3) is 5.11. The Balaban J connectivity index is 1.54. The first kappa shape index (κ1) is 23.1. The van der Waals surface area contributed by atoms with Gasteiger partial charge in [-0.15, -0.1) is 0 Å². The van der Waals surface area contributed by atoms with Crippen LogP contribution in [0.2, 0.25) is 0 Å². The van der Waals surface area contributed by atoms with E-state index in [1.807, 2.05) is 48.5 Å². The minimum atomic E-state index is -0.167. The molecule has 3 aromatic carbocycles. The Morgan fingerprint density at radius 3 is 2.61 bits per heavy atom. The highest BCUT2D eigenvalue weighted by Gasteiger charge is 2.33. The normalized spacial score (nSPS) is 14.5. The van der Waals surface area contributed by atoms with Gasteiger partial charge < -0.3 is 9.47 Å². The maximum atomic E-state index is 13.0. The van der Waals surface area contributed by atoms with Gasteiger partial charge in [0.1, 0.15) is 6.61 Å². The van der Waals surface area contributed by atoms with Crippen molar-refractivity contribution in [2.75, 3.05) is 12.0 Å². The fraction of sp³-hybridized carbons (Fsp3) is 0.0800. The number of nitrogens with zero attached hydrogens (tertiary/aromatic N) is 2. The standard InChI is InChI=1S/C25H17BrN2O3S2/c1-30-22-12-16(6-11-21(22)31-15-18-5-3-2-4-17(18)14-27)13-23-24(29)28(25(32)33-23)20-9-7-19(26)8-10-20/h2-13H,15H2,1H3/b23-13-. The first-order valence-corrected chi connectivity index (χ1v) is 11.8. The molecule has 0 radical (unpaired) electrons. The number of thiocarbonyl (C=S) groups is 1. The smallest absolute Gasteiger partial charge is 0.270 e. The predicted molar refractivity (Wildman–Crippen MR) is 138 cm³/mol. The van der Waals surface area contributed by atoms with E-state index < -0.39 is 0 Å². The lowest BCUT2D eigenvalue weighted by molar-refractivity contribution is -0.113. The van der Waals surface area contributed by atoms with E-state index in [1.165, 1.54) is 16.7 Å². The number of hydrogen-bond donors (Lipinski definition) is 0. The van der Waals surface area contributed by atoms with E-state index in [0.29, 0.717) is 26.3 Å². The molecule has 0 N–H and O–H groups in total. The Hall–Kier alpha value is -3.12. The number of thioether (sulfide) groups is 1. The van der Waals surface area contributed by atoms with E-state index in [1.54, 1.807) is 31.4 Å². The zero-order valence-electron chi connectivity index (χ0n) is 17.4. The predicted octanol–water partition coefficient (Wildman–Crippen LogP) is 6.31. The van der Waals surface area contributed by atoms with Crippen molar-refractivity contribution in [1.29, 1.82) is 5.26 Å². The molecule has 0 bridgehead atoms. The van der Waals surface area contributed by atoms with Crippen LogP contribution >= 0.6 is 39.9 Å². The monoisotopic (exact) mass is 536 g/mol. The van der Waals surface area contributed by atoms with Gasteiger partial charge in [0.25, 0.3) is 5.91 Å². The molecule has 164 valence electrons. The van der Waals surface area contributed by atoms with Gasteiger partial charge in [0.2, 0.25) is 0 Å². The van der Waals surface area contributed by atoms with Gasteiger partial charge in [0.15, 0.2) is 15.8 Å². The molecule has 1 aliphatic heterocycles. The first-order chi connectivity index (χ1) is 16.0. The second-order valence-electron chi connectivity index (χ2n) is 6.96. The van der Waals surface area contributed by atoms with Gasteiger partial charge in [-0.05, 0) is 54.1 Å². The highest BCUT2D eigenvalue weighted by atomic mass is 79.9. The molecule has 0 spiro atoms. The fourth-order valence-corrected chi connectivity index (χ4v) is 4.80. The van der Waals surface area contributed by atoms with Crippen LogP contribution in [0.25, 0.3) is 6.08 Å². The second-order valence-corrected chi connectivity index (χ2v) is 9.55. The average molecular weight is 537 g/mol. The van der Waals surface area contributed by atoms with Gasteiger partial charge in [0, 0.05) is 10.0 Å². The second kappa shape index (κ2) is 10.2. The summed E-state index contributed by atoms with van der Waals surface area (Å²) in [5.74, 6) is 0.908. The van der Waals surface area contributed by atoms with Gasteiger partial charge >= 0.3 is 0 Å². The Morgan fingerprint density at radius 1 is 1.12 bits per heavy atom. The number of anilines is 1. The average Bonchev–Trinajstić information content (AvgIpc) is 3.11. The quantitative estimate of drug-likeness (QED) is 0.271. The van der Waals surface area contributed by atoms with Crippen molar-refractivity contribution >= 4 is 61.9 Å². The number of amides is 1. The van der Waals surface area contributed by atoms with Crippen LogP contribution in [0.4, 0.5) is 5.69 Å². The lowest BCUT2D eigenvalue weighted by atomic mass is 10.1. The molecule has 1 fully saturated rings. The maximum absolute atomic E-state index is 13.0. The number of carbonyl (C=O) groups excluding carboxylic acids is 1. The number of benzene rings is 3. The molecule has 0 unspecified atom stereocenters. The summed E-state index contributed by atoms with van der Waals surface area (Å²) in [6.45, 7) is 0.241. The lowest BCUT2D eigenvalue weighted by Gasteiger charge is -2.14. The number of ether oxygens (including phenoxy) is 2. The summed E-state index contributed by atoms with van der Waals surface area (Å²) in [4.78, 5) is 15.1. The fourth-order valence-electron chi connectivity index (χ4n) is 3.24. The number of hydrogen-bond acceptors (Lipinski definition) is 6. The van der Waals surface area contributed by atoms with Gasteiger partial charge in [0.05, 0.1) is 29.3 Å². The van der Waals surface area contributed by atoms with Crippen LogP contribution in [-0.4, -0.2) is 17.3 Å². The largest absolute Gasteiger partial charge is 0.493 e. The highest BCUT2D eigenvalue weighted by Crippen LogP contribution is 2.37. The first-order valence-electron chi connectivity index (χ1n) is 9.82. The van der Waals surface area contributed by atoms with E-state index in [9.17, 15) is 10.1 Å². The van der Waals surface area contributed by atoms with Crippen molar-refractivity contribution in [3.05, 3.63) is 92.8 Å². The van der Waals surface area contributed by atoms with Gasteiger partial charge in [-0.1, -0.05) is 64.2 Å². The minimum Gasteiger partial charge on any atom is -0.493 e. The molecule has 3 aromatic rings. The van der Waals surface area contributed by atoms with Gasteiger partial charge in [-0.25, -0.2) is 0 Å². The van der Waals surface area contributed by atoms with E-state index >= 15 is 0 Å². The number of methoxy groups -OCH3 is 1. The van der Waals surface area contributed by atoms with Crippen molar-refractivity contribution in [3.8, 4) is 17.6 Å². The van der Waals surface area contributed by atoms with Crippen molar-refractivity contribution < 1.29 is 14.3 Å². The number of rotatable bonds is 6. The molecule has 33 heavy (non-hydrogen) atoms. The molecule has 1 heterocycles. The highest BCUT2D eigenvalue weighted by molar-refractivity contribution is 9.10. The van der Waals surface area contributed by atoms with E-state index in [-0.39, 0.29) is 12.5 Å². The molecule has 5 nitrogen and oxygen atoms in total. The molecular weight excluding hydrogens is 520 g/mol. The lowest BCUT2D eigenvalue weighted by Crippen LogP contribution is -2.27. The number of nitriles is 1. The van der Waals surface area contributed by atoms with Crippen LogP contribution in [0.5, 0.6) is 11.5 Å². The number of halogens is 1. The van der Waals surface area contributed by atoms with E-state index in [0.717, 1.165) is 21.3 Å². The summed E-state index contributed by atoms with van der Waals surface area (Å²) in [5, 5.41) is 9.25. The molecule has 0 atom stereocenters. The Morgan fingerprint density at radius 2 is 1.88 bits per heavy atom. The molecule has 0 aliphatic carbocycles. The van der Waals surface area contributed by atoms with Gasteiger partial charge in [-0.2, -0.15) is 5.26 Å². The van der Waals surface area contributed by atoms with E-state index in [4.69, 9.17) is 21.7 Å². The van der Waals surface area contributed by atoms with E-state index in [2.05, 4.69) is 22.0 Å². The molecule has 8 heteroatoms. The third-order valence-corrected chi connectivity index (χ3v) is 6.72. The zero-order chi connectivity index (χ0) is 23.4. The summed E-state index contributed by atoms with van der Waals surface area (Å²) >= 11 is 10.1.